The lowest BCUT2D eigenvalue weighted by molar-refractivity contribution is 0.217. The van der Waals surface area contributed by atoms with E-state index in [2.05, 4.69) is 162 Å². The van der Waals surface area contributed by atoms with E-state index >= 15 is 0 Å². The van der Waals surface area contributed by atoms with Gasteiger partial charge in [-0.05, 0) is 73.0 Å². The Kier molecular flexibility index (Phi) is 7.86. The quantitative estimate of drug-likeness (QED) is 0.251. The highest BCUT2D eigenvalue weighted by Gasteiger charge is 2.55. The number of rotatable bonds is 5. The van der Waals surface area contributed by atoms with Gasteiger partial charge in [0.2, 0.25) is 0 Å². The SMILES string of the molecule is CN1C(c2ccccc2)=NC(c2ccccc2)=NC1C1=CC(C2=CC=CCC2)=CCC1N1C2=CCCCC2C2C3Sc4ccccc4C3C=CC21. The van der Waals surface area contributed by atoms with Crippen molar-refractivity contribution in [3.63, 3.8) is 0 Å². The number of aliphatic imine (C=N–C) groups is 2. The molecule has 0 bridgehead atoms. The van der Waals surface area contributed by atoms with Gasteiger partial charge in [0.1, 0.15) is 12.0 Å². The molecule has 3 heterocycles. The lowest BCUT2D eigenvalue weighted by Crippen LogP contribution is -2.50. The van der Waals surface area contributed by atoms with Crippen LogP contribution < -0.4 is 0 Å². The Morgan fingerprint density at radius 2 is 1.65 bits per heavy atom. The number of hydrogen-bond acceptors (Lipinski definition) is 5. The van der Waals surface area contributed by atoms with Crippen LogP contribution in [0.4, 0.5) is 0 Å². The van der Waals surface area contributed by atoms with Crippen molar-refractivity contribution < 1.29 is 0 Å². The zero-order chi connectivity index (χ0) is 33.9. The van der Waals surface area contributed by atoms with E-state index in [1.54, 1.807) is 5.70 Å². The average Bonchev–Trinajstić information content (AvgIpc) is 3.75. The fourth-order valence-electron chi connectivity index (χ4n) is 9.93. The van der Waals surface area contributed by atoms with Gasteiger partial charge in [-0.25, -0.2) is 9.98 Å². The van der Waals surface area contributed by atoms with Gasteiger partial charge < -0.3 is 9.80 Å². The second kappa shape index (κ2) is 12.9. The normalized spacial score (nSPS) is 30.6. The second-order valence-corrected chi connectivity index (χ2v) is 16.2. The van der Waals surface area contributed by atoms with Crippen molar-refractivity contribution in [2.75, 3.05) is 7.05 Å². The number of benzene rings is 3. The molecule has 3 aliphatic heterocycles. The number of thioether (sulfide) groups is 1. The van der Waals surface area contributed by atoms with Crippen LogP contribution in [0.25, 0.3) is 0 Å². The molecule has 0 saturated carbocycles. The summed E-state index contributed by atoms with van der Waals surface area (Å²) in [6, 6.07) is 31.0. The molecule has 3 aromatic rings. The number of hydrogen-bond donors (Lipinski definition) is 0. The molecule has 51 heavy (non-hydrogen) atoms. The van der Waals surface area contributed by atoms with Gasteiger partial charge in [-0.15, -0.1) is 11.8 Å². The highest BCUT2D eigenvalue weighted by Crippen LogP contribution is 2.60. The minimum atomic E-state index is -0.187. The third-order valence-electron chi connectivity index (χ3n) is 12.2. The number of likely N-dealkylation sites (tertiary alicyclic amines) is 1. The van der Waals surface area contributed by atoms with Gasteiger partial charge in [-0.3, -0.25) is 0 Å². The molecular weight excluding hydrogens is 641 g/mol. The smallest absolute Gasteiger partial charge is 0.159 e. The molecule has 1 fully saturated rings. The zero-order valence-electron chi connectivity index (χ0n) is 29.2. The summed E-state index contributed by atoms with van der Waals surface area (Å²) in [6.45, 7) is 0. The van der Waals surface area contributed by atoms with Crippen molar-refractivity contribution in [1.29, 1.82) is 0 Å². The largest absolute Gasteiger partial charge is 0.361 e. The molecule has 0 aromatic heterocycles. The van der Waals surface area contributed by atoms with E-state index < -0.39 is 0 Å². The summed E-state index contributed by atoms with van der Waals surface area (Å²) in [5.74, 6) is 3.47. The Balaban J connectivity index is 1.11. The second-order valence-electron chi connectivity index (χ2n) is 15.0. The summed E-state index contributed by atoms with van der Waals surface area (Å²) in [6.07, 6.45) is 26.4. The molecule has 7 atom stereocenters. The Labute approximate surface area is 306 Å². The van der Waals surface area contributed by atoms with Crippen LogP contribution in [0.1, 0.15) is 61.1 Å². The molecule has 5 heteroatoms. The van der Waals surface area contributed by atoms with Gasteiger partial charge in [0.05, 0.1) is 12.1 Å². The molecule has 4 aliphatic carbocycles. The van der Waals surface area contributed by atoms with E-state index in [1.165, 1.54) is 46.4 Å². The van der Waals surface area contributed by atoms with Gasteiger partial charge in [-0.1, -0.05) is 121 Å². The number of amidine groups is 2. The van der Waals surface area contributed by atoms with Crippen molar-refractivity contribution in [2.24, 2.45) is 21.8 Å². The average molecular weight is 685 g/mol. The van der Waals surface area contributed by atoms with E-state index in [1.807, 2.05) is 0 Å². The Bertz CT molecular complexity index is 2100. The number of allylic oxidation sites excluding steroid dienone is 9. The zero-order valence-corrected chi connectivity index (χ0v) is 30.0. The fourth-order valence-corrected chi connectivity index (χ4v) is 11.6. The summed E-state index contributed by atoms with van der Waals surface area (Å²) in [5, 5.41) is 0.576. The molecule has 254 valence electrons. The van der Waals surface area contributed by atoms with Crippen molar-refractivity contribution in [1.82, 2.24) is 9.80 Å². The van der Waals surface area contributed by atoms with E-state index in [4.69, 9.17) is 9.98 Å². The summed E-state index contributed by atoms with van der Waals surface area (Å²) in [7, 11) is 2.20. The Morgan fingerprint density at radius 1 is 0.843 bits per heavy atom. The lowest BCUT2D eigenvalue weighted by Gasteiger charge is -2.44. The van der Waals surface area contributed by atoms with E-state index in [-0.39, 0.29) is 12.2 Å². The summed E-state index contributed by atoms with van der Waals surface area (Å²) >= 11 is 2.15. The summed E-state index contributed by atoms with van der Waals surface area (Å²) in [4.78, 5) is 17.6. The standard InChI is InChI=1S/C46H44N4S/c1-49-45(32-19-9-4-10-20-32)47-44(31-17-7-3-8-18-31)48-46(49)37-29-33(30-15-5-2-6-16-30)25-27-39(37)50-38-23-13-11-22-36(38)42-40(50)28-26-35-34-21-12-14-24-41(34)51-43(35)42/h2-5,7-10,12,14-15,17-21,23-26,28-29,35-36,39-40,42-43,46H,6,11,13,16,22,27H2,1H3. The highest BCUT2D eigenvalue weighted by molar-refractivity contribution is 8.00. The topological polar surface area (TPSA) is 31.2 Å². The number of likely N-dealkylation sites (N-methyl/N-ethyl adjacent to an activating group) is 1. The molecule has 3 aromatic carbocycles. The predicted molar refractivity (Wildman–Crippen MR) is 211 cm³/mol. The molecule has 0 N–H and O–H groups in total. The van der Waals surface area contributed by atoms with E-state index in [9.17, 15) is 0 Å². The molecule has 7 unspecified atom stereocenters. The van der Waals surface area contributed by atoms with Gasteiger partial charge in [0.25, 0.3) is 0 Å². The maximum Gasteiger partial charge on any atom is 0.159 e. The van der Waals surface area contributed by atoms with Crippen molar-refractivity contribution >= 4 is 23.4 Å². The van der Waals surface area contributed by atoms with E-state index in [0.717, 1.165) is 42.1 Å². The van der Waals surface area contributed by atoms with E-state index in [0.29, 0.717) is 29.0 Å². The van der Waals surface area contributed by atoms with Gasteiger partial charge in [-0.2, -0.15) is 0 Å². The lowest BCUT2D eigenvalue weighted by atomic mass is 9.73. The third-order valence-corrected chi connectivity index (χ3v) is 13.7. The van der Waals surface area contributed by atoms with Crippen LogP contribution in [0.3, 0.4) is 0 Å². The monoisotopic (exact) mass is 684 g/mol. The van der Waals surface area contributed by atoms with Crippen molar-refractivity contribution in [3.05, 3.63) is 173 Å². The van der Waals surface area contributed by atoms with Crippen LogP contribution in [-0.2, 0) is 0 Å². The Morgan fingerprint density at radius 3 is 2.47 bits per heavy atom. The molecule has 0 spiro atoms. The summed E-state index contributed by atoms with van der Waals surface area (Å²) < 4.78 is 0. The molecule has 0 amide bonds. The van der Waals surface area contributed by atoms with Crippen LogP contribution in [-0.4, -0.2) is 52.0 Å². The van der Waals surface area contributed by atoms with Gasteiger partial charge in [0.15, 0.2) is 5.84 Å². The minimum absolute atomic E-state index is 0.187. The maximum absolute atomic E-state index is 5.58. The van der Waals surface area contributed by atoms with Crippen molar-refractivity contribution in [3.8, 4) is 0 Å². The summed E-state index contributed by atoms with van der Waals surface area (Å²) in [5.41, 5.74) is 9.48. The molecule has 7 aliphatic rings. The van der Waals surface area contributed by atoms with Crippen LogP contribution in [0.5, 0.6) is 0 Å². The Hall–Kier alpha value is -4.61. The fraction of sp³-hybridized carbons (Fsp3) is 0.304. The van der Waals surface area contributed by atoms with Crippen LogP contribution >= 0.6 is 11.8 Å². The van der Waals surface area contributed by atoms with Gasteiger partial charge >= 0.3 is 0 Å². The molecule has 10 rings (SSSR count). The third kappa shape index (κ3) is 5.27. The molecule has 4 nitrogen and oxygen atoms in total. The first-order chi connectivity index (χ1) is 25.2. The van der Waals surface area contributed by atoms with Crippen LogP contribution in [0.15, 0.2) is 171 Å². The molecule has 0 radical (unpaired) electrons. The first-order valence-electron chi connectivity index (χ1n) is 18.9. The van der Waals surface area contributed by atoms with Gasteiger partial charge in [0, 0.05) is 51.8 Å². The highest BCUT2D eigenvalue weighted by atomic mass is 32.2. The maximum atomic E-state index is 5.58. The molecule has 1 saturated heterocycles. The van der Waals surface area contributed by atoms with Crippen LogP contribution in [0.2, 0.25) is 0 Å². The first-order valence-corrected chi connectivity index (χ1v) is 19.8. The van der Waals surface area contributed by atoms with Crippen LogP contribution in [0, 0.1) is 11.8 Å². The van der Waals surface area contributed by atoms with Crippen molar-refractivity contribution in [2.45, 2.75) is 72.8 Å². The number of fused-ring (bicyclic) bond motifs is 7. The number of nitrogens with zero attached hydrogens (tertiary/aromatic N) is 4. The molecular formula is C46H44N4S. The first kappa shape index (κ1) is 31.2. The minimum Gasteiger partial charge on any atom is -0.361 e. The predicted octanol–water partition coefficient (Wildman–Crippen LogP) is 9.87.